The van der Waals surface area contributed by atoms with E-state index in [0.29, 0.717) is 17.1 Å². The Morgan fingerprint density at radius 3 is 2.50 bits per heavy atom. The molecule has 0 unspecified atom stereocenters. The van der Waals surface area contributed by atoms with Crippen molar-refractivity contribution in [2.45, 2.75) is 36.8 Å². The molecule has 0 saturated carbocycles. The van der Waals surface area contributed by atoms with Crippen molar-refractivity contribution in [2.24, 2.45) is 7.05 Å². The molecule has 0 saturated heterocycles. The van der Waals surface area contributed by atoms with E-state index in [1.165, 1.54) is 19.2 Å². The molecule has 0 amide bonds. The van der Waals surface area contributed by atoms with Crippen molar-refractivity contribution in [3.05, 3.63) is 53.7 Å². The van der Waals surface area contributed by atoms with Gasteiger partial charge in [0.25, 0.3) is 10.0 Å². The standard InChI is InChI=1S/C19H21F3N4O2S2/c1-12(2)23-11-13-6-4-5-7-14(13)25-30(27,28)18-9-8-16(29-18)15-10-17(19(20,21)22)26(3)24-15/h4-10,12,23,25H,11H2,1-3H3. The SMILES string of the molecule is CC(C)NCc1ccccc1NS(=O)(=O)c1ccc(-c2cc(C(F)(F)F)n(C)n2)s1. The van der Waals surface area contributed by atoms with Crippen molar-refractivity contribution in [3.63, 3.8) is 0 Å². The summed E-state index contributed by atoms with van der Waals surface area (Å²) in [7, 11) is -2.71. The number of benzene rings is 1. The average Bonchev–Trinajstić information content (AvgIpc) is 3.27. The summed E-state index contributed by atoms with van der Waals surface area (Å²) in [5.74, 6) is 0. The maximum absolute atomic E-state index is 13.0. The lowest BCUT2D eigenvalue weighted by Crippen LogP contribution is -2.23. The van der Waals surface area contributed by atoms with Crippen molar-refractivity contribution in [1.29, 1.82) is 0 Å². The fourth-order valence-electron chi connectivity index (χ4n) is 2.74. The van der Waals surface area contributed by atoms with E-state index in [0.717, 1.165) is 27.6 Å². The molecule has 0 aliphatic carbocycles. The zero-order valence-electron chi connectivity index (χ0n) is 16.5. The van der Waals surface area contributed by atoms with Crippen LogP contribution < -0.4 is 10.0 Å². The molecule has 6 nitrogen and oxygen atoms in total. The second-order valence-electron chi connectivity index (χ2n) is 6.95. The van der Waals surface area contributed by atoms with Gasteiger partial charge in [-0.25, -0.2) is 8.42 Å². The summed E-state index contributed by atoms with van der Waals surface area (Å²) in [6.07, 6.45) is -4.54. The van der Waals surface area contributed by atoms with Crippen LogP contribution in [0.5, 0.6) is 0 Å². The number of para-hydroxylation sites is 1. The van der Waals surface area contributed by atoms with E-state index >= 15 is 0 Å². The first-order valence-corrected chi connectivity index (χ1v) is 11.3. The number of anilines is 1. The number of aromatic nitrogens is 2. The second-order valence-corrected chi connectivity index (χ2v) is 9.95. The number of rotatable bonds is 7. The fourth-order valence-corrected chi connectivity index (χ4v) is 5.10. The summed E-state index contributed by atoms with van der Waals surface area (Å²) >= 11 is 0.860. The van der Waals surface area contributed by atoms with Crippen LogP contribution >= 0.6 is 11.3 Å². The molecule has 0 radical (unpaired) electrons. The van der Waals surface area contributed by atoms with Crippen molar-refractivity contribution >= 4 is 27.0 Å². The molecule has 0 spiro atoms. The lowest BCUT2D eigenvalue weighted by molar-refractivity contribution is -0.143. The largest absolute Gasteiger partial charge is 0.433 e. The number of aryl methyl sites for hydroxylation is 1. The topological polar surface area (TPSA) is 76.0 Å². The van der Waals surface area contributed by atoms with Gasteiger partial charge < -0.3 is 5.32 Å². The van der Waals surface area contributed by atoms with Gasteiger partial charge in [-0.05, 0) is 29.8 Å². The minimum atomic E-state index is -4.54. The number of nitrogens with zero attached hydrogens (tertiary/aromatic N) is 2. The molecule has 2 N–H and O–H groups in total. The Kier molecular flexibility index (Phi) is 6.25. The first-order chi connectivity index (χ1) is 14.0. The fraction of sp³-hybridized carbons (Fsp3) is 0.316. The van der Waals surface area contributed by atoms with E-state index in [-0.39, 0.29) is 15.9 Å². The van der Waals surface area contributed by atoms with Crippen molar-refractivity contribution in [3.8, 4) is 10.6 Å². The zero-order chi connectivity index (χ0) is 22.1. The number of sulfonamides is 1. The molecule has 0 bridgehead atoms. The molecule has 0 fully saturated rings. The number of hydrogen-bond donors (Lipinski definition) is 2. The number of alkyl halides is 3. The van der Waals surface area contributed by atoms with Gasteiger partial charge in [-0.15, -0.1) is 11.3 Å². The highest BCUT2D eigenvalue weighted by Crippen LogP contribution is 2.35. The Balaban J connectivity index is 1.85. The average molecular weight is 459 g/mol. The highest BCUT2D eigenvalue weighted by atomic mass is 32.2. The second kappa shape index (κ2) is 8.40. The summed E-state index contributed by atoms with van der Waals surface area (Å²) in [6, 6.07) is 11.0. The Morgan fingerprint density at radius 2 is 1.87 bits per heavy atom. The van der Waals surface area contributed by atoms with Crippen LogP contribution in [0.4, 0.5) is 18.9 Å². The predicted molar refractivity (Wildman–Crippen MR) is 111 cm³/mol. The van der Waals surface area contributed by atoms with Gasteiger partial charge in [0.15, 0.2) is 0 Å². The number of halogens is 3. The van der Waals surface area contributed by atoms with E-state index in [2.05, 4.69) is 15.1 Å². The third-order valence-corrected chi connectivity index (χ3v) is 7.20. The Morgan fingerprint density at radius 1 is 1.17 bits per heavy atom. The first-order valence-electron chi connectivity index (χ1n) is 9.03. The molecule has 162 valence electrons. The summed E-state index contributed by atoms with van der Waals surface area (Å²) in [5, 5.41) is 7.10. The molecule has 0 aliphatic rings. The van der Waals surface area contributed by atoms with Crippen LogP contribution in [0, 0.1) is 0 Å². The van der Waals surface area contributed by atoms with Crippen LogP contribution in [0.1, 0.15) is 25.1 Å². The van der Waals surface area contributed by atoms with Gasteiger partial charge in [-0.3, -0.25) is 9.40 Å². The lowest BCUT2D eigenvalue weighted by Gasteiger charge is -2.14. The summed E-state index contributed by atoms with van der Waals surface area (Å²) in [6.45, 7) is 4.46. The first kappa shape index (κ1) is 22.3. The predicted octanol–water partition coefficient (Wildman–Crippen LogP) is 4.47. The van der Waals surface area contributed by atoms with Gasteiger partial charge in [0.1, 0.15) is 15.6 Å². The molecule has 0 atom stereocenters. The quantitative estimate of drug-likeness (QED) is 0.548. The molecule has 3 rings (SSSR count). The van der Waals surface area contributed by atoms with Crippen LogP contribution in [-0.4, -0.2) is 24.2 Å². The maximum atomic E-state index is 13.0. The molecule has 2 heterocycles. The minimum absolute atomic E-state index is 0.0108. The zero-order valence-corrected chi connectivity index (χ0v) is 18.1. The monoisotopic (exact) mass is 458 g/mol. The van der Waals surface area contributed by atoms with Crippen LogP contribution in [-0.2, 0) is 29.8 Å². The molecule has 2 aromatic heterocycles. The van der Waals surface area contributed by atoms with E-state index < -0.39 is 21.9 Å². The van der Waals surface area contributed by atoms with E-state index in [1.807, 2.05) is 26.0 Å². The molecule has 30 heavy (non-hydrogen) atoms. The normalized spacial score (nSPS) is 12.5. The Hall–Kier alpha value is -2.37. The van der Waals surface area contributed by atoms with Gasteiger partial charge in [-0.1, -0.05) is 32.0 Å². The van der Waals surface area contributed by atoms with Gasteiger partial charge in [0.2, 0.25) is 0 Å². The summed E-state index contributed by atoms with van der Waals surface area (Å²) in [4.78, 5) is 0.330. The molecular formula is C19H21F3N4O2S2. The van der Waals surface area contributed by atoms with Gasteiger partial charge in [0, 0.05) is 19.6 Å². The van der Waals surface area contributed by atoms with Gasteiger partial charge in [0.05, 0.1) is 10.6 Å². The van der Waals surface area contributed by atoms with Crippen LogP contribution in [0.3, 0.4) is 0 Å². The highest BCUT2D eigenvalue weighted by molar-refractivity contribution is 7.94. The highest BCUT2D eigenvalue weighted by Gasteiger charge is 2.35. The van der Waals surface area contributed by atoms with Crippen molar-refractivity contribution in [2.75, 3.05) is 4.72 Å². The molecule has 1 aromatic carbocycles. The Labute approximate surface area is 176 Å². The smallest absolute Gasteiger partial charge is 0.310 e. The van der Waals surface area contributed by atoms with E-state index in [4.69, 9.17) is 0 Å². The van der Waals surface area contributed by atoms with Crippen LogP contribution in [0.2, 0.25) is 0 Å². The van der Waals surface area contributed by atoms with Crippen LogP contribution in [0.25, 0.3) is 10.6 Å². The number of hydrogen-bond acceptors (Lipinski definition) is 5. The third kappa shape index (κ3) is 5.02. The molecule has 11 heteroatoms. The summed E-state index contributed by atoms with van der Waals surface area (Å²) in [5.41, 5.74) is 0.390. The van der Waals surface area contributed by atoms with Crippen molar-refractivity contribution < 1.29 is 21.6 Å². The van der Waals surface area contributed by atoms with Crippen molar-refractivity contribution in [1.82, 2.24) is 15.1 Å². The third-order valence-electron chi connectivity index (χ3n) is 4.23. The lowest BCUT2D eigenvalue weighted by atomic mass is 10.2. The van der Waals surface area contributed by atoms with E-state index in [9.17, 15) is 21.6 Å². The van der Waals surface area contributed by atoms with Gasteiger partial charge in [-0.2, -0.15) is 18.3 Å². The maximum Gasteiger partial charge on any atom is 0.433 e. The summed E-state index contributed by atoms with van der Waals surface area (Å²) < 4.78 is 68.0. The van der Waals surface area contributed by atoms with E-state index in [1.54, 1.807) is 12.1 Å². The molecule has 3 aromatic rings. The number of nitrogens with one attached hydrogen (secondary N) is 2. The van der Waals surface area contributed by atoms with Crippen LogP contribution in [0.15, 0.2) is 46.7 Å². The Bertz CT molecular complexity index is 1130. The minimum Gasteiger partial charge on any atom is -0.310 e. The molecular weight excluding hydrogens is 437 g/mol. The molecule has 0 aliphatic heterocycles. The number of thiophene rings is 1. The van der Waals surface area contributed by atoms with Gasteiger partial charge >= 0.3 is 6.18 Å².